The molecule has 1 unspecified atom stereocenters. The highest BCUT2D eigenvalue weighted by Gasteiger charge is 2.20. The molecule has 0 radical (unpaired) electrons. The normalized spacial score (nSPS) is 17.8. The molecule has 1 atom stereocenters. The summed E-state index contributed by atoms with van der Waals surface area (Å²) in [6.45, 7) is 0. The van der Waals surface area contributed by atoms with Crippen LogP contribution in [-0.2, 0) is 12.8 Å². The number of fused-ring (bicyclic) bond motifs is 1. The number of aryl methyl sites for hydroxylation is 1. The summed E-state index contributed by atoms with van der Waals surface area (Å²) in [7, 11) is 1.74. The van der Waals surface area contributed by atoms with Crippen molar-refractivity contribution in [3.8, 4) is 5.75 Å². The second-order valence-electron chi connectivity index (χ2n) is 5.34. The van der Waals surface area contributed by atoms with E-state index in [0.29, 0.717) is 5.92 Å². The van der Waals surface area contributed by atoms with Crippen molar-refractivity contribution in [2.75, 3.05) is 7.11 Å². The lowest BCUT2D eigenvalue weighted by Gasteiger charge is -2.26. The smallest absolute Gasteiger partial charge is 0.119 e. The second-order valence-corrected chi connectivity index (χ2v) is 5.34. The predicted molar refractivity (Wildman–Crippen MR) is 78.8 cm³/mol. The molecule has 0 heterocycles. The highest BCUT2D eigenvalue weighted by atomic mass is 16.5. The zero-order valence-electron chi connectivity index (χ0n) is 11.4. The minimum Gasteiger partial charge on any atom is -0.497 e. The molecule has 0 bridgehead atoms. The number of methoxy groups -OCH3 is 1. The molecule has 0 saturated carbocycles. The van der Waals surface area contributed by atoms with Gasteiger partial charge in [0.25, 0.3) is 0 Å². The van der Waals surface area contributed by atoms with Crippen LogP contribution in [0.3, 0.4) is 0 Å². The number of ether oxygens (including phenoxy) is 1. The molecule has 0 amide bonds. The van der Waals surface area contributed by atoms with Gasteiger partial charge in [0.15, 0.2) is 0 Å². The van der Waals surface area contributed by atoms with Crippen LogP contribution < -0.4 is 4.74 Å². The molecule has 0 N–H and O–H groups in total. The van der Waals surface area contributed by atoms with Gasteiger partial charge in [-0.05, 0) is 60.4 Å². The highest BCUT2D eigenvalue weighted by molar-refractivity contribution is 5.40. The van der Waals surface area contributed by atoms with Crippen LogP contribution in [0.5, 0.6) is 5.75 Å². The lowest BCUT2D eigenvalue weighted by molar-refractivity contribution is 0.413. The molecule has 19 heavy (non-hydrogen) atoms. The molecule has 1 nitrogen and oxygen atoms in total. The number of benzene rings is 2. The van der Waals surface area contributed by atoms with Crippen molar-refractivity contribution in [1.29, 1.82) is 0 Å². The summed E-state index contributed by atoms with van der Waals surface area (Å²) in [5.74, 6) is 1.65. The zero-order chi connectivity index (χ0) is 13.1. The summed E-state index contributed by atoms with van der Waals surface area (Å²) < 4.78 is 5.33. The molecule has 3 rings (SSSR count). The Balaban J connectivity index is 1.86. The van der Waals surface area contributed by atoms with Crippen LogP contribution in [0.25, 0.3) is 0 Å². The molecule has 2 aromatic rings. The minimum atomic E-state index is 0.664. The van der Waals surface area contributed by atoms with Crippen LogP contribution in [0.1, 0.15) is 35.4 Å². The number of hydrogen-bond acceptors (Lipinski definition) is 1. The van der Waals surface area contributed by atoms with Crippen molar-refractivity contribution in [2.45, 2.75) is 31.6 Å². The molecule has 2 aromatic carbocycles. The van der Waals surface area contributed by atoms with E-state index in [2.05, 4.69) is 48.5 Å². The minimum absolute atomic E-state index is 0.664. The summed E-state index contributed by atoms with van der Waals surface area (Å²) >= 11 is 0. The topological polar surface area (TPSA) is 9.23 Å². The quantitative estimate of drug-likeness (QED) is 0.788. The van der Waals surface area contributed by atoms with E-state index in [4.69, 9.17) is 4.74 Å². The van der Waals surface area contributed by atoms with Crippen LogP contribution in [0, 0.1) is 0 Å². The maximum atomic E-state index is 5.33. The Labute approximate surface area is 115 Å². The average Bonchev–Trinajstić information content (AvgIpc) is 2.48. The molecule has 0 aromatic heterocycles. The Morgan fingerprint density at radius 2 is 1.95 bits per heavy atom. The predicted octanol–water partition coefficient (Wildman–Crippen LogP) is 4.36. The summed E-state index contributed by atoms with van der Waals surface area (Å²) in [4.78, 5) is 0. The second kappa shape index (κ2) is 5.48. The van der Waals surface area contributed by atoms with Crippen molar-refractivity contribution in [1.82, 2.24) is 0 Å². The third-order valence-electron chi connectivity index (χ3n) is 4.11. The monoisotopic (exact) mass is 252 g/mol. The molecule has 98 valence electrons. The molecule has 0 spiro atoms. The Morgan fingerprint density at radius 3 is 2.74 bits per heavy atom. The highest BCUT2D eigenvalue weighted by Crippen LogP contribution is 2.35. The first-order valence-electron chi connectivity index (χ1n) is 7.07. The molecule has 0 saturated heterocycles. The third kappa shape index (κ3) is 2.65. The van der Waals surface area contributed by atoms with Gasteiger partial charge in [-0.3, -0.25) is 0 Å². The Kier molecular flexibility index (Phi) is 3.54. The summed E-state index contributed by atoms with van der Waals surface area (Å²) in [6.07, 6.45) is 4.93. The van der Waals surface area contributed by atoms with Gasteiger partial charge in [-0.15, -0.1) is 0 Å². The van der Waals surface area contributed by atoms with Crippen molar-refractivity contribution < 1.29 is 4.74 Å². The van der Waals surface area contributed by atoms with E-state index in [1.807, 2.05) is 0 Å². The standard InChI is InChI=1S/C18H20O/c1-19-17-10-11-18-15(8-5-9-16(18)13-17)12-14-6-3-2-4-7-14/h2-4,6-7,10-11,13,15H,5,8-9,12H2,1H3. The molecule has 0 aliphatic heterocycles. The average molecular weight is 252 g/mol. The molecule has 1 aliphatic rings. The van der Waals surface area contributed by atoms with Gasteiger partial charge < -0.3 is 4.74 Å². The summed E-state index contributed by atoms with van der Waals surface area (Å²) in [5, 5.41) is 0. The molecular weight excluding hydrogens is 232 g/mol. The first-order valence-corrected chi connectivity index (χ1v) is 7.07. The SMILES string of the molecule is COc1ccc2c(c1)CCCC2Cc1ccccc1. The maximum Gasteiger partial charge on any atom is 0.119 e. The van der Waals surface area contributed by atoms with E-state index < -0.39 is 0 Å². The van der Waals surface area contributed by atoms with Crippen LogP contribution in [-0.4, -0.2) is 7.11 Å². The molecular formula is C18H20O. The van der Waals surface area contributed by atoms with Crippen LogP contribution in [0.2, 0.25) is 0 Å². The van der Waals surface area contributed by atoms with Gasteiger partial charge in [-0.2, -0.15) is 0 Å². The fraction of sp³-hybridized carbons (Fsp3) is 0.333. The number of hydrogen-bond donors (Lipinski definition) is 0. The molecule has 1 aliphatic carbocycles. The fourth-order valence-electron chi connectivity index (χ4n) is 3.13. The van der Waals surface area contributed by atoms with Crippen molar-refractivity contribution in [3.63, 3.8) is 0 Å². The Morgan fingerprint density at radius 1 is 1.11 bits per heavy atom. The number of rotatable bonds is 3. The van der Waals surface area contributed by atoms with E-state index in [9.17, 15) is 0 Å². The van der Waals surface area contributed by atoms with Gasteiger partial charge in [0.1, 0.15) is 5.75 Å². The largest absolute Gasteiger partial charge is 0.497 e. The Bertz CT molecular complexity index is 545. The summed E-state index contributed by atoms with van der Waals surface area (Å²) in [6, 6.07) is 17.4. The van der Waals surface area contributed by atoms with Gasteiger partial charge in [0.05, 0.1) is 7.11 Å². The van der Waals surface area contributed by atoms with Gasteiger partial charge in [0, 0.05) is 0 Å². The van der Waals surface area contributed by atoms with Crippen LogP contribution in [0.15, 0.2) is 48.5 Å². The van der Waals surface area contributed by atoms with Gasteiger partial charge in [0.2, 0.25) is 0 Å². The third-order valence-corrected chi connectivity index (χ3v) is 4.11. The van der Waals surface area contributed by atoms with E-state index in [-0.39, 0.29) is 0 Å². The van der Waals surface area contributed by atoms with Crippen LogP contribution in [0.4, 0.5) is 0 Å². The fourth-order valence-corrected chi connectivity index (χ4v) is 3.13. The van der Waals surface area contributed by atoms with Crippen molar-refractivity contribution in [2.24, 2.45) is 0 Å². The van der Waals surface area contributed by atoms with Gasteiger partial charge >= 0.3 is 0 Å². The summed E-state index contributed by atoms with van der Waals surface area (Å²) in [5.41, 5.74) is 4.44. The van der Waals surface area contributed by atoms with Gasteiger partial charge in [-0.25, -0.2) is 0 Å². The van der Waals surface area contributed by atoms with E-state index in [0.717, 1.165) is 12.2 Å². The van der Waals surface area contributed by atoms with Crippen LogP contribution >= 0.6 is 0 Å². The van der Waals surface area contributed by atoms with E-state index in [1.165, 1.54) is 36.0 Å². The Hall–Kier alpha value is -1.76. The zero-order valence-corrected chi connectivity index (χ0v) is 11.4. The first kappa shape index (κ1) is 12.3. The lowest BCUT2D eigenvalue weighted by Crippen LogP contribution is -2.12. The first-order chi connectivity index (χ1) is 9.36. The molecule has 0 fully saturated rings. The van der Waals surface area contributed by atoms with Gasteiger partial charge in [-0.1, -0.05) is 36.4 Å². The maximum absolute atomic E-state index is 5.33. The lowest BCUT2D eigenvalue weighted by atomic mass is 9.79. The van der Waals surface area contributed by atoms with E-state index in [1.54, 1.807) is 7.11 Å². The molecule has 1 heteroatoms. The van der Waals surface area contributed by atoms with Crippen molar-refractivity contribution in [3.05, 3.63) is 65.2 Å². The van der Waals surface area contributed by atoms with Crippen molar-refractivity contribution >= 4 is 0 Å². The van der Waals surface area contributed by atoms with E-state index >= 15 is 0 Å².